The Hall–Kier alpha value is -2.32. The van der Waals surface area contributed by atoms with Gasteiger partial charge >= 0.3 is 5.97 Å². The van der Waals surface area contributed by atoms with Crippen molar-refractivity contribution in [3.05, 3.63) is 48.2 Å². The molecule has 4 atom stereocenters. The fourth-order valence-electron chi connectivity index (χ4n) is 2.77. The van der Waals surface area contributed by atoms with Crippen molar-refractivity contribution in [1.29, 1.82) is 0 Å². The SMILES string of the molecule is C=C1N2C(=O)C(NC(=O)C(N)c3ccccc3)[C@H]2SC1(C)C(=O)O. The Balaban J connectivity index is 1.72. The third-order valence-corrected chi connectivity index (χ3v) is 5.99. The molecule has 2 aliphatic heterocycles. The summed E-state index contributed by atoms with van der Waals surface area (Å²) in [6.45, 7) is 5.23. The molecule has 8 heteroatoms. The number of amides is 2. The highest BCUT2D eigenvalue weighted by molar-refractivity contribution is 8.02. The lowest BCUT2D eigenvalue weighted by Crippen LogP contribution is -2.67. The zero-order valence-corrected chi connectivity index (χ0v) is 13.7. The maximum Gasteiger partial charge on any atom is 0.325 e. The number of nitrogens with two attached hydrogens (primary N) is 1. The van der Waals surface area contributed by atoms with E-state index >= 15 is 0 Å². The first-order chi connectivity index (χ1) is 11.3. The van der Waals surface area contributed by atoms with Gasteiger partial charge in [0.15, 0.2) is 4.75 Å². The third kappa shape index (κ3) is 2.30. The Bertz CT molecular complexity index is 738. The fraction of sp³-hybridized carbons (Fsp3) is 0.312. The van der Waals surface area contributed by atoms with Crippen LogP contribution in [0.3, 0.4) is 0 Å². The van der Waals surface area contributed by atoms with E-state index in [-0.39, 0.29) is 11.6 Å². The average Bonchev–Trinajstić information content (AvgIpc) is 2.82. The van der Waals surface area contributed by atoms with Crippen molar-refractivity contribution < 1.29 is 19.5 Å². The lowest BCUT2D eigenvalue weighted by Gasteiger charge is -2.42. The van der Waals surface area contributed by atoms with Gasteiger partial charge in [-0.2, -0.15) is 0 Å². The van der Waals surface area contributed by atoms with Crippen molar-refractivity contribution in [2.75, 3.05) is 0 Å². The molecule has 4 N–H and O–H groups in total. The summed E-state index contributed by atoms with van der Waals surface area (Å²) in [5, 5.41) is 11.5. The van der Waals surface area contributed by atoms with E-state index in [4.69, 9.17) is 5.73 Å². The molecule has 2 saturated heterocycles. The zero-order valence-electron chi connectivity index (χ0n) is 12.9. The number of hydrogen-bond donors (Lipinski definition) is 3. The van der Waals surface area contributed by atoms with Gasteiger partial charge in [-0.15, -0.1) is 11.8 Å². The summed E-state index contributed by atoms with van der Waals surface area (Å²) < 4.78 is -1.28. The first-order valence-electron chi connectivity index (χ1n) is 7.32. The number of aliphatic carboxylic acids is 1. The molecule has 2 fully saturated rings. The van der Waals surface area contributed by atoms with Gasteiger partial charge in [0.05, 0.1) is 0 Å². The number of carboxylic acids is 1. The van der Waals surface area contributed by atoms with Gasteiger partial charge in [-0.25, -0.2) is 0 Å². The van der Waals surface area contributed by atoms with E-state index in [1.165, 1.54) is 11.8 Å². The number of fused-ring (bicyclic) bond motifs is 1. The van der Waals surface area contributed by atoms with E-state index in [0.717, 1.165) is 11.8 Å². The average molecular weight is 347 g/mol. The molecule has 1 aromatic carbocycles. The van der Waals surface area contributed by atoms with Gasteiger partial charge < -0.3 is 16.2 Å². The molecule has 0 radical (unpaired) electrons. The summed E-state index contributed by atoms with van der Waals surface area (Å²) in [7, 11) is 0. The molecule has 2 aliphatic rings. The molecule has 3 rings (SSSR count). The molecule has 2 heterocycles. The zero-order chi connectivity index (χ0) is 17.6. The Morgan fingerprint density at radius 3 is 2.62 bits per heavy atom. The molecule has 0 aromatic heterocycles. The van der Waals surface area contributed by atoms with Gasteiger partial charge in [-0.3, -0.25) is 19.3 Å². The Morgan fingerprint density at radius 1 is 1.42 bits per heavy atom. The number of carboxylic acid groups (broad SMARTS) is 1. The minimum Gasteiger partial charge on any atom is -0.480 e. The van der Waals surface area contributed by atoms with Gasteiger partial charge in [0.25, 0.3) is 5.91 Å². The minimum absolute atomic E-state index is 0.229. The number of nitrogens with zero attached hydrogens (tertiary/aromatic N) is 1. The van der Waals surface area contributed by atoms with Gasteiger partial charge in [-0.05, 0) is 12.5 Å². The molecule has 0 aliphatic carbocycles. The van der Waals surface area contributed by atoms with Crippen LogP contribution in [-0.4, -0.2) is 44.0 Å². The second-order valence-electron chi connectivity index (χ2n) is 5.88. The second kappa shape index (κ2) is 5.64. The monoisotopic (exact) mass is 347 g/mol. The number of β-lactam (4-membered cyclic amide) rings is 1. The molecule has 0 spiro atoms. The van der Waals surface area contributed by atoms with Crippen molar-refractivity contribution in [1.82, 2.24) is 10.2 Å². The summed E-state index contributed by atoms with van der Waals surface area (Å²) in [5.41, 5.74) is 6.79. The van der Waals surface area contributed by atoms with Crippen LogP contribution in [0, 0.1) is 0 Å². The van der Waals surface area contributed by atoms with E-state index < -0.39 is 34.1 Å². The van der Waals surface area contributed by atoms with Crippen LogP contribution in [-0.2, 0) is 14.4 Å². The van der Waals surface area contributed by atoms with Crippen LogP contribution in [0.2, 0.25) is 0 Å². The highest BCUT2D eigenvalue weighted by atomic mass is 32.2. The second-order valence-corrected chi connectivity index (χ2v) is 7.41. The quantitative estimate of drug-likeness (QED) is 0.682. The van der Waals surface area contributed by atoms with Gasteiger partial charge in [-0.1, -0.05) is 36.9 Å². The minimum atomic E-state index is -1.28. The molecule has 3 unspecified atom stereocenters. The molecule has 7 nitrogen and oxygen atoms in total. The summed E-state index contributed by atoms with van der Waals surface area (Å²) in [6, 6.07) is 7.12. The van der Waals surface area contributed by atoms with E-state index in [9.17, 15) is 19.5 Å². The van der Waals surface area contributed by atoms with Crippen LogP contribution in [0.15, 0.2) is 42.6 Å². The largest absolute Gasteiger partial charge is 0.480 e. The van der Waals surface area contributed by atoms with Crippen molar-refractivity contribution in [2.45, 2.75) is 29.1 Å². The lowest BCUT2D eigenvalue weighted by atomic mass is 10.00. The predicted octanol–water partition coefficient (Wildman–Crippen LogP) is 0.443. The van der Waals surface area contributed by atoms with E-state index in [2.05, 4.69) is 11.9 Å². The molecular weight excluding hydrogens is 330 g/mol. The number of carbonyl (C=O) groups excluding carboxylic acids is 2. The number of nitrogens with one attached hydrogen (secondary N) is 1. The first kappa shape index (κ1) is 16.5. The fourth-order valence-corrected chi connectivity index (χ4v) is 4.25. The number of thioether (sulfide) groups is 1. The number of hydrogen-bond acceptors (Lipinski definition) is 5. The molecular formula is C16H17N3O4S. The maximum atomic E-state index is 12.3. The van der Waals surface area contributed by atoms with Crippen LogP contribution >= 0.6 is 11.8 Å². The normalized spacial score (nSPS) is 29.7. The lowest BCUT2D eigenvalue weighted by molar-refractivity contribution is -0.146. The molecule has 0 saturated carbocycles. The summed E-state index contributed by atoms with van der Waals surface area (Å²) in [5.74, 6) is -1.91. The molecule has 24 heavy (non-hydrogen) atoms. The van der Waals surface area contributed by atoms with Crippen LogP contribution in [0.25, 0.3) is 0 Å². The van der Waals surface area contributed by atoms with Crippen LogP contribution in [0.4, 0.5) is 0 Å². The topological polar surface area (TPSA) is 113 Å². The van der Waals surface area contributed by atoms with Crippen molar-refractivity contribution >= 4 is 29.5 Å². The predicted molar refractivity (Wildman–Crippen MR) is 88.7 cm³/mol. The smallest absolute Gasteiger partial charge is 0.325 e. The van der Waals surface area contributed by atoms with Crippen molar-refractivity contribution in [3.63, 3.8) is 0 Å². The number of benzene rings is 1. The maximum absolute atomic E-state index is 12.3. The summed E-state index contributed by atoms with van der Waals surface area (Å²) in [6.07, 6.45) is 0. The van der Waals surface area contributed by atoms with E-state index in [1.54, 1.807) is 24.3 Å². The Labute approximate surface area is 142 Å². The Morgan fingerprint density at radius 2 is 2.04 bits per heavy atom. The summed E-state index contributed by atoms with van der Waals surface area (Å²) >= 11 is 1.09. The molecule has 0 bridgehead atoms. The standard InChI is InChI=1S/C16H17N3O4S/c1-8-16(2,15(22)23)24-14-11(13(21)19(8)14)18-12(20)10(17)9-6-4-3-5-7-9/h3-7,10-11,14H,1,17H2,2H3,(H,18,20)(H,22,23)/t10?,11?,14-,16?/m1/s1. The summed E-state index contributed by atoms with van der Waals surface area (Å²) in [4.78, 5) is 37.4. The number of carbonyl (C=O) groups is 3. The Kier molecular flexibility index (Phi) is 3.89. The van der Waals surface area contributed by atoms with Crippen LogP contribution < -0.4 is 11.1 Å². The van der Waals surface area contributed by atoms with Gasteiger partial charge in [0.2, 0.25) is 5.91 Å². The van der Waals surface area contributed by atoms with Crippen LogP contribution in [0.5, 0.6) is 0 Å². The van der Waals surface area contributed by atoms with Crippen molar-refractivity contribution in [2.24, 2.45) is 5.73 Å². The molecule has 1 aromatic rings. The molecule has 2 amide bonds. The molecule has 126 valence electrons. The highest BCUT2D eigenvalue weighted by Crippen LogP contribution is 2.52. The van der Waals surface area contributed by atoms with Gasteiger partial charge in [0, 0.05) is 5.70 Å². The highest BCUT2D eigenvalue weighted by Gasteiger charge is 2.63. The first-order valence-corrected chi connectivity index (χ1v) is 8.20. The van der Waals surface area contributed by atoms with E-state index in [1.807, 2.05) is 6.07 Å². The van der Waals surface area contributed by atoms with Gasteiger partial charge in [0.1, 0.15) is 17.5 Å². The van der Waals surface area contributed by atoms with E-state index in [0.29, 0.717) is 5.56 Å². The number of rotatable bonds is 4. The third-order valence-electron chi connectivity index (χ3n) is 4.39. The van der Waals surface area contributed by atoms with Crippen LogP contribution in [0.1, 0.15) is 18.5 Å². The van der Waals surface area contributed by atoms with Crippen molar-refractivity contribution in [3.8, 4) is 0 Å².